The van der Waals surface area contributed by atoms with Gasteiger partial charge in [-0.1, -0.05) is 23.7 Å². The minimum Gasteiger partial charge on any atom is -0.356 e. The lowest BCUT2D eigenvalue weighted by Gasteiger charge is -2.29. The van der Waals surface area contributed by atoms with Gasteiger partial charge in [0.15, 0.2) is 5.96 Å². The summed E-state index contributed by atoms with van der Waals surface area (Å²) >= 11 is 6.00. The van der Waals surface area contributed by atoms with E-state index in [9.17, 15) is 0 Å². The molecule has 0 atom stereocenters. The molecule has 0 saturated carbocycles. The number of guanidine groups is 1. The van der Waals surface area contributed by atoms with Crippen molar-refractivity contribution in [3.8, 4) is 0 Å². The summed E-state index contributed by atoms with van der Waals surface area (Å²) in [7, 11) is 4.02. The van der Waals surface area contributed by atoms with Crippen molar-refractivity contribution in [2.75, 3.05) is 40.3 Å². The Morgan fingerprint density at radius 1 is 1.30 bits per heavy atom. The third kappa shape index (κ3) is 7.72. The summed E-state index contributed by atoms with van der Waals surface area (Å²) in [5.74, 6) is 1.64. The molecule has 1 aromatic rings. The van der Waals surface area contributed by atoms with Gasteiger partial charge in [-0.05, 0) is 63.0 Å². The lowest BCUT2D eigenvalue weighted by atomic mass is 9.97. The number of piperidine rings is 1. The van der Waals surface area contributed by atoms with Gasteiger partial charge in [0.1, 0.15) is 0 Å². The number of rotatable bonds is 5. The molecule has 1 aromatic carbocycles. The number of likely N-dealkylation sites (tertiary alicyclic amines) is 1. The van der Waals surface area contributed by atoms with E-state index in [4.69, 9.17) is 11.6 Å². The van der Waals surface area contributed by atoms with Gasteiger partial charge in [0.05, 0.1) is 0 Å². The molecule has 1 aliphatic heterocycles. The van der Waals surface area contributed by atoms with Crippen molar-refractivity contribution in [3.63, 3.8) is 0 Å². The summed E-state index contributed by atoms with van der Waals surface area (Å²) in [6, 6.07) is 8.01. The monoisotopic (exact) mass is 450 g/mol. The first-order valence-electron chi connectivity index (χ1n) is 8.05. The Morgan fingerprint density at radius 2 is 2.04 bits per heavy atom. The molecule has 4 nitrogen and oxygen atoms in total. The maximum atomic E-state index is 6.00. The van der Waals surface area contributed by atoms with E-state index in [1.54, 1.807) is 0 Å². The zero-order chi connectivity index (χ0) is 15.8. The molecule has 0 amide bonds. The molecule has 2 rings (SSSR count). The molecule has 1 fully saturated rings. The lowest BCUT2D eigenvalue weighted by molar-refractivity contribution is 0.220. The van der Waals surface area contributed by atoms with E-state index >= 15 is 0 Å². The third-order valence-corrected chi connectivity index (χ3v) is 4.45. The van der Waals surface area contributed by atoms with E-state index in [1.807, 2.05) is 25.2 Å². The highest BCUT2D eigenvalue weighted by Gasteiger charge is 2.16. The van der Waals surface area contributed by atoms with Gasteiger partial charge in [0, 0.05) is 25.2 Å². The van der Waals surface area contributed by atoms with E-state index in [0.29, 0.717) is 0 Å². The molecule has 1 saturated heterocycles. The minimum atomic E-state index is 0. The van der Waals surface area contributed by atoms with Crippen molar-refractivity contribution in [2.45, 2.75) is 19.3 Å². The Hall–Kier alpha value is -0.530. The number of nitrogens with one attached hydrogen (secondary N) is 2. The highest BCUT2D eigenvalue weighted by molar-refractivity contribution is 14.0. The number of aliphatic imine (C=N–C) groups is 1. The number of nitrogens with zero attached hydrogens (tertiary/aromatic N) is 2. The summed E-state index contributed by atoms with van der Waals surface area (Å²) in [5.41, 5.74) is 1.24. The Kier molecular flexibility index (Phi) is 9.90. The van der Waals surface area contributed by atoms with Crippen LogP contribution in [-0.2, 0) is 6.42 Å². The van der Waals surface area contributed by atoms with Crippen molar-refractivity contribution in [3.05, 3.63) is 34.9 Å². The molecular formula is C17H28ClIN4. The molecule has 0 bridgehead atoms. The fraction of sp³-hybridized carbons (Fsp3) is 0.588. The van der Waals surface area contributed by atoms with E-state index in [2.05, 4.69) is 33.6 Å². The van der Waals surface area contributed by atoms with Crippen molar-refractivity contribution < 1.29 is 0 Å². The fourth-order valence-corrected chi connectivity index (χ4v) is 2.96. The van der Waals surface area contributed by atoms with Crippen LogP contribution < -0.4 is 10.6 Å². The maximum Gasteiger partial charge on any atom is 0.190 e. The molecular weight excluding hydrogens is 423 g/mol. The van der Waals surface area contributed by atoms with Crippen LogP contribution >= 0.6 is 35.6 Å². The summed E-state index contributed by atoms with van der Waals surface area (Å²) < 4.78 is 0. The second kappa shape index (κ2) is 11.1. The molecule has 1 heterocycles. The van der Waals surface area contributed by atoms with Gasteiger partial charge in [-0.15, -0.1) is 24.0 Å². The molecule has 0 spiro atoms. The first kappa shape index (κ1) is 20.5. The Labute approximate surface area is 162 Å². The first-order chi connectivity index (χ1) is 10.7. The molecule has 0 radical (unpaired) electrons. The summed E-state index contributed by atoms with van der Waals surface area (Å²) in [5, 5.41) is 7.61. The van der Waals surface area contributed by atoms with Crippen LogP contribution in [0.25, 0.3) is 0 Å². The van der Waals surface area contributed by atoms with Crippen molar-refractivity contribution in [1.29, 1.82) is 0 Å². The molecule has 0 aromatic heterocycles. The van der Waals surface area contributed by atoms with Gasteiger partial charge in [-0.2, -0.15) is 0 Å². The SMILES string of the molecule is CN=C(NCCc1cccc(Cl)c1)NCC1CCN(C)CC1.I. The molecule has 1 aliphatic rings. The lowest BCUT2D eigenvalue weighted by Crippen LogP contribution is -2.42. The van der Waals surface area contributed by atoms with Crippen molar-refractivity contribution >= 4 is 41.5 Å². The van der Waals surface area contributed by atoms with Gasteiger partial charge in [-0.3, -0.25) is 4.99 Å². The zero-order valence-electron chi connectivity index (χ0n) is 14.0. The number of halogens is 2. The van der Waals surface area contributed by atoms with Crippen LogP contribution in [0.5, 0.6) is 0 Å². The molecule has 0 unspecified atom stereocenters. The van der Waals surface area contributed by atoms with Crippen LogP contribution in [0.4, 0.5) is 0 Å². The quantitative estimate of drug-likeness (QED) is 0.412. The number of hydrogen-bond acceptors (Lipinski definition) is 2. The van der Waals surface area contributed by atoms with E-state index in [-0.39, 0.29) is 24.0 Å². The third-order valence-electron chi connectivity index (χ3n) is 4.22. The van der Waals surface area contributed by atoms with Crippen LogP contribution in [0, 0.1) is 5.92 Å². The standard InChI is InChI=1S/C17H27ClN4.HI/c1-19-17(21-13-15-7-10-22(2)11-8-15)20-9-6-14-4-3-5-16(18)12-14;/h3-5,12,15H,6-11,13H2,1-2H3,(H2,19,20,21);1H. The number of hydrogen-bond donors (Lipinski definition) is 2. The van der Waals surface area contributed by atoms with Crippen molar-refractivity contribution in [1.82, 2.24) is 15.5 Å². The predicted octanol–water partition coefficient (Wildman–Crippen LogP) is 3.01. The van der Waals surface area contributed by atoms with Gasteiger partial charge in [-0.25, -0.2) is 0 Å². The first-order valence-corrected chi connectivity index (χ1v) is 8.42. The second-order valence-electron chi connectivity index (χ2n) is 6.01. The molecule has 23 heavy (non-hydrogen) atoms. The zero-order valence-corrected chi connectivity index (χ0v) is 17.1. The maximum absolute atomic E-state index is 6.00. The topological polar surface area (TPSA) is 39.7 Å². The Morgan fingerprint density at radius 3 is 2.70 bits per heavy atom. The van der Waals surface area contributed by atoms with E-state index < -0.39 is 0 Å². The molecule has 2 N–H and O–H groups in total. The fourth-order valence-electron chi connectivity index (χ4n) is 2.75. The smallest absolute Gasteiger partial charge is 0.190 e. The second-order valence-corrected chi connectivity index (χ2v) is 6.44. The molecule has 0 aliphatic carbocycles. The van der Waals surface area contributed by atoms with Crippen LogP contribution in [0.15, 0.2) is 29.3 Å². The van der Waals surface area contributed by atoms with Gasteiger partial charge >= 0.3 is 0 Å². The average molecular weight is 451 g/mol. The molecule has 6 heteroatoms. The van der Waals surface area contributed by atoms with Crippen LogP contribution in [0.2, 0.25) is 5.02 Å². The van der Waals surface area contributed by atoms with Crippen LogP contribution in [-0.4, -0.2) is 51.1 Å². The highest BCUT2D eigenvalue weighted by atomic mass is 127. The van der Waals surface area contributed by atoms with Crippen molar-refractivity contribution in [2.24, 2.45) is 10.9 Å². The largest absolute Gasteiger partial charge is 0.356 e. The Balaban J connectivity index is 0.00000264. The number of benzene rings is 1. The molecule has 130 valence electrons. The average Bonchev–Trinajstić information content (AvgIpc) is 2.52. The van der Waals surface area contributed by atoms with Crippen LogP contribution in [0.1, 0.15) is 18.4 Å². The van der Waals surface area contributed by atoms with Gasteiger partial charge in [0.2, 0.25) is 0 Å². The predicted molar refractivity (Wildman–Crippen MR) is 110 cm³/mol. The Bertz CT molecular complexity index is 487. The summed E-state index contributed by atoms with van der Waals surface area (Å²) in [6.07, 6.45) is 3.47. The summed E-state index contributed by atoms with van der Waals surface area (Å²) in [6.45, 7) is 4.26. The summed E-state index contributed by atoms with van der Waals surface area (Å²) in [4.78, 5) is 6.69. The van der Waals surface area contributed by atoms with Crippen LogP contribution in [0.3, 0.4) is 0 Å². The normalized spacial score (nSPS) is 16.7. The van der Waals surface area contributed by atoms with E-state index in [1.165, 1.54) is 31.5 Å². The van der Waals surface area contributed by atoms with Gasteiger partial charge < -0.3 is 15.5 Å². The van der Waals surface area contributed by atoms with Gasteiger partial charge in [0.25, 0.3) is 0 Å². The van der Waals surface area contributed by atoms with E-state index in [0.717, 1.165) is 36.4 Å². The highest BCUT2D eigenvalue weighted by Crippen LogP contribution is 2.14. The minimum absolute atomic E-state index is 0.